The fourth-order valence-electron chi connectivity index (χ4n) is 1.87. The molecule has 0 saturated heterocycles. The maximum atomic E-state index is 11.7. The van der Waals surface area contributed by atoms with Crippen molar-refractivity contribution in [3.63, 3.8) is 0 Å². The van der Waals surface area contributed by atoms with Gasteiger partial charge in [-0.15, -0.1) is 0 Å². The molecule has 0 bridgehead atoms. The molecule has 0 spiro atoms. The van der Waals surface area contributed by atoms with Gasteiger partial charge >= 0.3 is 5.69 Å². The van der Waals surface area contributed by atoms with Crippen LogP contribution in [0.3, 0.4) is 0 Å². The zero-order chi connectivity index (χ0) is 12.7. The number of unbranched alkanes of at least 4 members (excludes halogenated alkanes) is 1. The summed E-state index contributed by atoms with van der Waals surface area (Å²) < 4.78 is 1.76. The summed E-state index contributed by atoms with van der Waals surface area (Å²) in [6.45, 7) is 8.85. The number of aromatic nitrogens is 2. The third kappa shape index (κ3) is 4.69. The Labute approximate surface area is 103 Å². The highest BCUT2D eigenvalue weighted by Gasteiger charge is 2.01. The van der Waals surface area contributed by atoms with E-state index in [1.807, 2.05) is 19.9 Å². The van der Waals surface area contributed by atoms with E-state index in [1.54, 1.807) is 4.57 Å². The van der Waals surface area contributed by atoms with Crippen LogP contribution in [-0.2, 0) is 6.54 Å². The van der Waals surface area contributed by atoms with Crippen LogP contribution in [0.5, 0.6) is 0 Å². The van der Waals surface area contributed by atoms with Gasteiger partial charge in [0.1, 0.15) is 0 Å². The van der Waals surface area contributed by atoms with E-state index >= 15 is 0 Å². The van der Waals surface area contributed by atoms with Crippen molar-refractivity contribution in [3.8, 4) is 0 Å². The molecule has 0 atom stereocenters. The molecule has 1 aromatic heterocycles. The Bertz CT molecular complexity index is 398. The predicted octanol–water partition coefficient (Wildman–Crippen LogP) is 1.64. The van der Waals surface area contributed by atoms with E-state index in [2.05, 4.69) is 17.2 Å². The van der Waals surface area contributed by atoms with Gasteiger partial charge in [-0.3, -0.25) is 4.57 Å². The molecule has 0 radical (unpaired) electrons. The van der Waals surface area contributed by atoms with E-state index in [9.17, 15) is 4.79 Å². The van der Waals surface area contributed by atoms with Crippen LogP contribution in [-0.4, -0.2) is 22.6 Å². The number of hydrogen-bond donors (Lipinski definition) is 1. The monoisotopic (exact) mass is 237 g/mol. The fraction of sp³-hybridized carbons (Fsp3) is 0.692. The molecule has 17 heavy (non-hydrogen) atoms. The van der Waals surface area contributed by atoms with Crippen LogP contribution < -0.4 is 11.0 Å². The summed E-state index contributed by atoms with van der Waals surface area (Å²) in [4.78, 5) is 15.6. The molecule has 4 nitrogen and oxygen atoms in total. The summed E-state index contributed by atoms with van der Waals surface area (Å²) in [5.74, 6) is 0. The standard InChI is InChI=1S/C13H23N3O/c1-4-7-14-8-5-6-9-16-12(3)10-11(2)15-13(16)17/h10,14H,4-9H2,1-3H3. The number of rotatable bonds is 7. The molecule has 0 aliphatic rings. The van der Waals surface area contributed by atoms with Crippen molar-refractivity contribution >= 4 is 0 Å². The van der Waals surface area contributed by atoms with Crippen LogP contribution >= 0.6 is 0 Å². The van der Waals surface area contributed by atoms with Crippen LogP contribution in [0.2, 0.25) is 0 Å². The Morgan fingerprint density at radius 2 is 2.06 bits per heavy atom. The molecule has 0 amide bonds. The lowest BCUT2D eigenvalue weighted by atomic mass is 10.3. The maximum Gasteiger partial charge on any atom is 0.347 e. The van der Waals surface area contributed by atoms with Crippen molar-refractivity contribution in [2.75, 3.05) is 13.1 Å². The zero-order valence-electron chi connectivity index (χ0n) is 11.1. The lowest BCUT2D eigenvalue weighted by Gasteiger charge is -2.09. The van der Waals surface area contributed by atoms with Gasteiger partial charge in [-0.1, -0.05) is 6.92 Å². The van der Waals surface area contributed by atoms with Crippen molar-refractivity contribution in [2.24, 2.45) is 0 Å². The highest BCUT2D eigenvalue weighted by molar-refractivity contribution is 5.06. The number of hydrogen-bond acceptors (Lipinski definition) is 3. The fourth-order valence-corrected chi connectivity index (χ4v) is 1.87. The summed E-state index contributed by atoms with van der Waals surface area (Å²) in [5, 5.41) is 3.36. The van der Waals surface area contributed by atoms with Gasteiger partial charge in [0.05, 0.1) is 0 Å². The summed E-state index contributed by atoms with van der Waals surface area (Å²) in [6, 6.07) is 1.96. The highest BCUT2D eigenvalue weighted by Crippen LogP contribution is 1.99. The van der Waals surface area contributed by atoms with Crippen LogP contribution in [0, 0.1) is 13.8 Å². The first-order valence-corrected chi connectivity index (χ1v) is 6.41. The van der Waals surface area contributed by atoms with Crippen LogP contribution in [0.25, 0.3) is 0 Å². The van der Waals surface area contributed by atoms with Gasteiger partial charge in [0.25, 0.3) is 0 Å². The van der Waals surface area contributed by atoms with Crippen LogP contribution in [0.4, 0.5) is 0 Å². The molecule has 1 N–H and O–H groups in total. The minimum Gasteiger partial charge on any atom is -0.317 e. The van der Waals surface area contributed by atoms with Gasteiger partial charge in [-0.2, -0.15) is 4.98 Å². The lowest BCUT2D eigenvalue weighted by molar-refractivity contribution is 0.542. The van der Waals surface area contributed by atoms with Crippen molar-refractivity contribution < 1.29 is 0 Å². The summed E-state index contributed by atoms with van der Waals surface area (Å²) in [7, 11) is 0. The van der Waals surface area contributed by atoms with Crippen LogP contribution in [0.1, 0.15) is 37.6 Å². The molecule has 1 aromatic rings. The predicted molar refractivity (Wildman–Crippen MR) is 70.4 cm³/mol. The van der Waals surface area contributed by atoms with Gasteiger partial charge in [-0.25, -0.2) is 4.79 Å². The Hall–Kier alpha value is -1.16. The van der Waals surface area contributed by atoms with Gasteiger partial charge < -0.3 is 5.32 Å². The molecule has 96 valence electrons. The van der Waals surface area contributed by atoms with Gasteiger partial charge in [0.2, 0.25) is 0 Å². The Balaban J connectivity index is 2.39. The Morgan fingerprint density at radius 3 is 2.71 bits per heavy atom. The molecule has 4 heteroatoms. The number of aryl methyl sites for hydroxylation is 2. The maximum absolute atomic E-state index is 11.7. The molecule has 0 aliphatic heterocycles. The van der Waals surface area contributed by atoms with E-state index in [0.717, 1.165) is 43.9 Å². The minimum atomic E-state index is -0.121. The van der Waals surface area contributed by atoms with Crippen molar-refractivity contribution in [3.05, 3.63) is 27.9 Å². The SMILES string of the molecule is CCCNCCCCn1c(C)cc(C)nc1=O. The molecule has 0 unspecified atom stereocenters. The summed E-state index contributed by atoms with van der Waals surface area (Å²) in [5.41, 5.74) is 1.68. The topological polar surface area (TPSA) is 46.9 Å². The Kier molecular flexibility index (Phi) is 5.91. The first-order chi connectivity index (χ1) is 8.15. The third-order valence-electron chi connectivity index (χ3n) is 2.76. The smallest absolute Gasteiger partial charge is 0.317 e. The Morgan fingerprint density at radius 1 is 1.29 bits per heavy atom. The summed E-state index contributed by atoms with van der Waals surface area (Å²) in [6.07, 6.45) is 3.28. The third-order valence-corrected chi connectivity index (χ3v) is 2.76. The van der Waals surface area contributed by atoms with Gasteiger partial charge in [0.15, 0.2) is 0 Å². The molecule has 0 saturated carbocycles. The molecule has 1 rings (SSSR count). The second-order valence-corrected chi connectivity index (χ2v) is 4.43. The van der Waals surface area contributed by atoms with Crippen molar-refractivity contribution in [2.45, 2.75) is 46.6 Å². The van der Waals surface area contributed by atoms with Crippen LogP contribution in [0.15, 0.2) is 10.9 Å². The van der Waals surface area contributed by atoms with Crippen molar-refractivity contribution in [1.82, 2.24) is 14.9 Å². The zero-order valence-corrected chi connectivity index (χ0v) is 11.1. The average molecular weight is 237 g/mol. The first-order valence-electron chi connectivity index (χ1n) is 6.41. The van der Waals surface area contributed by atoms with Gasteiger partial charge in [-0.05, 0) is 52.3 Å². The second kappa shape index (κ2) is 7.22. The number of nitrogens with zero attached hydrogens (tertiary/aromatic N) is 2. The van der Waals surface area contributed by atoms with E-state index in [1.165, 1.54) is 6.42 Å². The molecule has 0 aliphatic carbocycles. The highest BCUT2D eigenvalue weighted by atomic mass is 16.1. The summed E-state index contributed by atoms with van der Waals surface area (Å²) >= 11 is 0. The first kappa shape index (κ1) is 13.9. The lowest BCUT2D eigenvalue weighted by Crippen LogP contribution is -2.26. The normalized spacial score (nSPS) is 10.8. The second-order valence-electron chi connectivity index (χ2n) is 4.43. The number of nitrogens with one attached hydrogen (secondary N) is 1. The minimum absolute atomic E-state index is 0.121. The molecule has 1 heterocycles. The quantitative estimate of drug-likeness (QED) is 0.733. The van der Waals surface area contributed by atoms with E-state index in [0.29, 0.717) is 0 Å². The van der Waals surface area contributed by atoms with E-state index in [4.69, 9.17) is 0 Å². The largest absolute Gasteiger partial charge is 0.347 e. The molecular formula is C13H23N3O. The van der Waals surface area contributed by atoms with E-state index < -0.39 is 0 Å². The van der Waals surface area contributed by atoms with Gasteiger partial charge in [0, 0.05) is 17.9 Å². The molecule has 0 fully saturated rings. The van der Waals surface area contributed by atoms with E-state index in [-0.39, 0.29) is 5.69 Å². The average Bonchev–Trinajstić information content (AvgIpc) is 2.26. The van der Waals surface area contributed by atoms with Crippen molar-refractivity contribution in [1.29, 1.82) is 0 Å². The molecular weight excluding hydrogens is 214 g/mol. The molecule has 0 aromatic carbocycles.